The molecule has 29 heavy (non-hydrogen) atoms. The average molecular weight is 390 g/mol. The lowest BCUT2D eigenvalue weighted by Gasteiger charge is -2.04. The molecule has 0 unspecified atom stereocenters. The summed E-state index contributed by atoms with van der Waals surface area (Å²) in [4.78, 5) is 36.4. The summed E-state index contributed by atoms with van der Waals surface area (Å²) >= 11 is 0. The molecular weight excluding hydrogens is 380 g/mol. The smallest absolute Gasteiger partial charge is 0.258 e. The van der Waals surface area contributed by atoms with E-state index >= 15 is 0 Å². The molecule has 1 heterocycles. The first-order valence-corrected chi connectivity index (χ1v) is 8.26. The lowest BCUT2D eigenvalue weighted by atomic mass is 10.0. The van der Waals surface area contributed by atoms with Crippen LogP contribution in [0.5, 0.6) is 0 Å². The molecule has 0 saturated heterocycles. The van der Waals surface area contributed by atoms with E-state index in [2.05, 4.69) is 4.98 Å². The van der Waals surface area contributed by atoms with Crippen molar-refractivity contribution in [1.29, 1.82) is 0 Å². The van der Waals surface area contributed by atoms with Crippen LogP contribution in [0.2, 0.25) is 0 Å². The molecule has 0 spiro atoms. The summed E-state index contributed by atoms with van der Waals surface area (Å²) in [6.45, 7) is 0. The summed E-state index contributed by atoms with van der Waals surface area (Å²) in [6, 6.07) is 11.2. The standard InChI is InChI=1S/C19H10N4O6/c24-21(25)12-4-5-14-16(8-12)15(7-11-3-1-2-6-20-11)17-9-13(22(26)27)10-18(19(14)17)23(28)29/h1-10H. The molecule has 0 radical (unpaired) electrons. The van der Waals surface area contributed by atoms with Crippen LogP contribution < -0.4 is 0 Å². The van der Waals surface area contributed by atoms with E-state index in [0.29, 0.717) is 22.4 Å². The maximum Gasteiger partial charge on any atom is 0.284 e. The predicted molar refractivity (Wildman–Crippen MR) is 103 cm³/mol. The molecule has 0 saturated carbocycles. The first-order valence-electron chi connectivity index (χ1n) is 8.26. The number of pyridine rings is 1. The van der Waals surface area contributed by atoms with Gasteiger partial charge >= 0.3 is 0 Å². The number of benzene rings is 2. The topological polar surface area (TPSA) is 142 Å². The van der Waals surface area contributed by atoms with Crippen molar-refractivity contribution in [3.8, 4) is 11.1 Å². The van der Waals surface area contributed by atoms with Crippen LogP contribution in [0.15, 0.2) is 54.7 Å². The van der Waals surface area contributed by atoms with Gasteiger partial charge in [0, 0.05) is 30.0 Å². The van der Waals surface area contributed by atoms with Gasteiger partial charge in [0.15, 0.2) is 0 Å². The Bertz CT molecular complexity index is 1240. The van der Waals surface area contributed by atoms with E-state index in [-0.39, 0.29) is 16.8 Å². The van der Waals surface area contributed by atoms with E-state index in [1.54, 1.807) is 30.5 Å². The van der Waals surface area contributed by atoms with Crippen LogP contribution in [0.3, 0.4) is 0 Å². The fourth-order valence-electron chi connectivity index (χ4n) is 3.35. The molecule has 3 aromatic rings. The minimum absolute atomic E-state index is 0.188. The zero-order valence-electron chi connectivity index (χ0n) is 14.5. The van der Waals surface area contributed by atoms with E-state index in [9.17, 15) is 30.3 Å². The van der Waals surface area contributed by atoms with Gasteiger partial charge < -0.3 is 0 Å². The van der Waals surface area contributed by atoms with Gasteiger partial charge in [0.1, 0.15) is 0 Å². The Morgan fingerprint density at radius 3 is 2.10 bits per heavy atom. The minimum Gasteiger partial charge on any atom is -0.258 e. The highest BCUT2D eigenvalue weighted by molar-refractivity contribution is 6.09. The number of hydrogen-bond donors (Lipinski definition) is 0. The van der Waals surface area contributed by atoms with Gasteiger partial charge in [0.25, 0.3) is 17.1 Å². The van der Waals surface area contributed by atoms with Gasteiger partial charge in [-0.3, -0.25) is 35.3 Å². The second-order valence-electron chi connectivity index (χ2n) is 6.20. The fraction of sp³-hybridized carbons (Fsp3) is 0. The fourth-order valence-corrected chi connectivity index (χ4v) is 3.35. The number of non-ortho nitro benzene ring substituents is 2. The van der Waals surface area contributed by atoms with Crippen molar-refractivity contribution in [3.05, 3.63) is 102 Å². The zero-order chi connectivity index (χ0) is 20.7. The minimum atomic E-state index is -0.711. The van der Waals surface area contributed by atoms with E-state index in [0.717, 1.165) is 6.07 Å². The molecule has 1 aliphatic rings. The van der Waals surface area contributed by atoms with Gasteiger partial charge in [-0.2, -0.15) is 0 Å². The van der Waals surface area contributed by atoms with E-state index < -0.39 is 26.1 Å². The average Bonchev–Trinajstić information content (AvgIpc) is 3.01. The first kappa shape index (κ1) is 17.9. The summed E-state index contributed by atoms with van der Waals surface area (Å²) in [6.07, 6.45) is 3.15. The van der Waals surface area contributed by atoms with E-state index in [1.807, 2.05) is 0 Å². The molecule has 142 valence electrons. The maximum atomic E-state index is 11.6. The Morgan fingerprint density at radius 1 is 0.759 bits per heavy atom. The number of nitrogens with zero attached hydrogens (tertiary/aromatic N) is 4. The third kappa shape index (κ3) is 2.98. The normalized spacial score (nSPS) is 13.0. The molecule has 0 atom stereocenters. The van der Waals surface area contributed by atoms with Gasteiger partial charge in [-0.1, -0.05) is 6.07 Å². The van der Waals surface area contributed by atoms with Crippen LogP contribution in [0.4, 0.5) is 17.1 Å². The highest BCUT2D eigenvalue weighted by atomic mass is 16.6. The summed E-state index contributed by atoms with van der Waals surface area (Å²) < 4.78 is 0. The third-order valence-electron chi connectivity index (χ3n) is 4.55. The van der Waals surface area contributed by atoms with Gasteiger partial charge in [0.2, 0.25) is 0 Å². The quantitative estimate of drug-likeness (QED) is 0.372. The maximum absolute atomic E-state index is 11.6. The number of hydrogen-bond acceptors (Lipinski definition) is 7. The van der Waals surface area contributed by atoms with Crippen molar-refractivity contribution < 1.29 is 14.8 Å². The van der Waals surface area contributed by atoms with Crippen molar-refractivity contribution in [2.24, 2.45) is 0 Å². The predicted octanol–water partition coefficient (Wildman–Crippen LogP) is 4.38. The Kier molecular flexibility index (Phi) is 4.08. The first-order chi connectivity index (χ1) is 13.9. The molecule has 0 aliphatic heterocycles. The van der Waals surface area contributed by atoms with Gasteiger partial charge in [-0.25, -0.2) is 0 Å². The summed E-state index contributed by atoms with van der Waals surface area (Å²) in [5.41, 5.74) is 1.04. The summed E-state index contributed by atoms with van der Waals surface area (Å²) in [7, 11) is 0. The number of nitro groups is 3. The van der Waals surface area contributed by atoms with Crippen molar-refractivity contribution in [2.75, 3.05) is 0 Å². The summed E-state index contributed by atoms with van der Waals surface area (Å²) in [5, 5.41) is 34.2. The zero-order valence-corrected chi connectivity index (χ0v) is 14.5. The molecule has 0 N–H and O–H groups in total. The van der Waals surface area contributed by atoms with Crippen LogP contribution in [-0.2, 0) is 0 Å². The summed E-state index contributed by atoms with van der Waals surface area (Å²) in [5.74, 6) is 0. The molecule has 0 amide bonds. The number of aromatic nitrogens is 1. The monoisotopic (exact) mass is 390 g/mol. The van der Waals surface area contributed by atoms with Crippen molar-refractivity contribution in [1.82, 2.24) is 4.98 Å². The lowest BCUT2D eigenvalue weighted by Crippen LogP contribution is -1.96. The highest BCUT2D eigenvalue weighted by Gasteiger charge is 2.34. The highest BCUT2D eigenvalue weighted by Crippen LogP contribution is 2.51. The Morgan fingerprint density at radius 2 is 1.48 bits per heavy atom. The van der Waals surface area contributed by atoms with Crippen LogP contribution in [0, 0.1) is 30.3 Å². The van der Waals surface area contributed by atoms with E-state index in [4.69, 9.17) is 0 Å². The van der Waals surface area contributed by atoms with Crippen LogP contribution in [0.1, 0.15) is 16.8 Å². The Balaban J connectivity index is 2.09. The molecular formula is C19H10N4O6. The largest absolute Gasteiger partial charge is 0.284 e. The molecule has 10 heteroatoms. The molecule has 1 aromatic heterocycles. The van der Waals surface area contributed by atoms with Crippen LogP contribution in [-0.4, -0.2) is 19.8 Å². The lowest BCUT2D eigenvalue weighted by molar-refractivity contribution is -0.393. The number of rotatable bonds is 4. The van der Waals surface area contributed by atoms with Crippen molar-refractivity contribution in [2.45, 2.75) is 0 Å². The van der Waals surface area contributed by atoms with E-state index in [1.165, 1.54) is 24.3 Å². The molecule has 0 bridgehead atoms. The number of nitro benzene ring substituents is 3. The second-order valence-corrected chi connectivity index (χ2v) is 6.20. The Labute approximate surface area is 162 Å². The SMILES string of the molecule is O=[N+]([O-])c1ccc2c(c1)C(=Cc1ccccn1)c1cc([N+](=O)[O-])cc([N+](=O)[O-])c1-2. The van der Waals surface area contributed by atoms with Crippen molar-refractivity contribution in [3.63, 3.8) is 0 Å². The van der Waals surface area contributed by atoms with Gasteiger partial charge in [-0.15, -0.1) is 0 Å². The van der Waals surface area contributed by atoms with Crippen LogP contribution >= 0.6 is 0 Å². The van der Waals surface area contributed by atoms with Gasteiger partial charge in [0.05, 0.1) is 32.1 Å². The number of fused-ring (bicyclic) bond motifs is 3. The molecule has 4 rings (SSSR count). The van der Waals surface area contributed by atoms with Crippen LogP contribution in [0.25, 0.3) is 22.8 Å². The van der Waals surface area contributed by atoms with Crippen molar-refractivity contribution >= 4 is 28.7 Å². The second kappa shape index (κ2) is 6.60. The molecule has 2 aromatic carbocycles. The Hall–Kier alpha value is -4.47. The molecule has 1 aliphatic carbocycles. The van der Waals surface area contributed by atoms with Gasteiger partial charge in [-0.05, 0) is 41.0 Å². The molecule has 10 nitrogen and oxygen atoms in total. The molecule has 0 fully saturated rings. The third-order valence-corrected chi connectivity index (χ3v) is 4.55.